The zero-order valence-electron chi connectivity index (χ0n) is 14.5. The quantitative estimate of drug-likeness (QED) is 0.538. The van der Waals surface area contributed by atoms with E-state index < -0.39 is 5.97 Å². The van der Waals surface area contributed by atoms with E-state index in [9.17, 15) is 9.59 Å². The van der Waals surface area contributed by atoms with Crippen molar-refractivity contribution in [2.75, 3.05) is 13.7 Å². The minimum atomic E-state index is -0.629. The van der Waals surface area contributed by atoms with Crippen LogP contribution in [0.1, 0.15) is 16.7 Å². The molecule has 0 bridgehead atoms. The highest BCUT2D eigenvalue weighted by atomic mass is 35.5. The average molecular weight is 403 g/mol. The monoisotopic (exact) mass is 402 g/mol. The molecule has 0 atom stereocenters. The summed E-state index contributed by atoms with van der Waals surface area (Å²) in [5.41, 5.74) is 2.09. The lowest BCUT2D eigenvalue weighted by atomic mass is 10.1. The summed E-state index contributed by atoms with van der Waals surface area (Å²) in [6, 6.07) is 13.8. The maximum Gasteiger partial charge on any atom is 0.331 e. The molecule has 2 aromatic carbocycles. The van der Waals surface area contributed by atoms with E-state index in [1.54, 1.807) is 55.6 Å². The molecule has 0 saturated heterocycles. The van der Waals surface area contributed by atoms with E-state index in [0.29, 0.717) is 22.2 Å². The molecular weight excluding hydrogens is 387 g/mol. The van der Waals surface area contributed by atoms with Gasteiger partial charge in [0.2, 0.25) is 0 Å². The Morgan fingerprint density at radius 3 is 2.48 bits per heavy atom. The molecule has 0 N–H and O–H groups in total. The summed E-state index contributed by atoms with van der Waals surface area (Å²) in [6.45, 7) is -0.0529. The van der Waals surface area contributed by atoms with E-state index in [1.165, 1.54) is 11.0 Å². The molecule has 7 heteroatoms. The van der Waals surface area contributed by atoms with Gasteiger partial charge < -0.3 is 9.64 Å². The average Bonchev–Trinajstić information content (AvgIpc) is 2.67. The number of carbonyl (C=O) groups is 2. The number of likely N-dealkylation sites (N-methyl/N-ethyl adjacent to an activating group) is 1. The lowest BCUT2D eigenvalue weighted by Crippen LogP contribution is -2.30. The molecule has 1 amide bonds. The van der Waals surface area contributed by atoms with Crippen molar-refractivity contribution < 1.29 is 14.3 Å². The molecule has 0 heterocycles. The standard InChI is InChI=1S/C20H16Cl2N2O3/c1-24(12-16-6-8-17(21)18(22)10-16)19(25)13-27-20(26)9-7-14-2-4-15(11-23)5-3-14/h2-10H,12-13H2,1H3/b9-7+. The zero-order valence-corrected chi connectivity index (χ0v) is 16.0. The second-order valence-corrected chi connectivity index (χ2v) is 6.49. The molecule has 2 rings (SSSR count). The Kier molecular flexibility index (Phi) is 7.42. The van der Waals surface area contributed by atoms with Gasteiger partial charge in [0, 0.05) is 19.7 Å². The first-order valence-electron chi connectivity index (χ1n) is 7.92. The van der Waals surface area contributed by atoms with Gasteiger partial charge in [-0.3, -0.25) is 4.79 Å². The van der Waals surface area contributed by atoms with Gasteiger partial charge in [0.1, 0.15) is 0 Å². The number of amides is 1. The minimum Gasteiger partial charge on any atom is -0.452 e. The number of nitriles is 1. The van der Waals surface area contributed by atoms with Crippen LogP contribution in [-0.2, 0) is 20.9 Å². The molecule has 27 heavy (non-hydrogen) atoms. The highest BCUT2D eigenvalue weighted by Crippen LogP contribution is 2.23. The molecule has 0 aromatic heterocycles. The van der Waals surface area contributed by atoms with E-state index in [0.717, 1.165) is 11.1 Å². The lowest BCUT2D eigenvalue weighted by molar-refractivity contribution is -0.147. The van der Waals surface area contributed by atoms with Crippen molar-refractivity contribution in [1.29, 1.82) is 5.26 Å². The Hall–Kier alpha value is -2.81. The highest BCUT2D eigenvalue weighted by Gasteiger charge is 2.12. The SMILES string of the molecule is CN(Cc1ccc(Cl)c(Cl)c1)C(=O)COC(=O)/C=C/c1ccc(C#N)cc1. The summed E-state index contributed by atoms with van der Waals surface area (Å²) in [4.78, 5) is 25.3. The Balaban J connectivity index is 1.82. The van der Waals surface area contributed by atoms with Crippen molar-refractivity contribution in [1.82, 2.24) is 4.90 Å². The fourth-order valence-electron chi connectivity index (χ4n) is 2.12. The summed E-state index contributed by atoms with van der Waals surface area (Å²) in [5, 5.41) is 9.60. The van der Waals surface area contributed by atoms with E-state index in [1.807, 2.05) is 6.07 Å². The van der Waals surface area contributed by atoms with Crippen molar-refractivity contribution >= 4 is 41.2 Å². The van der Waals surface area contributed by atoms with E-state index in [-0.39, 0.29) is 12.5 Å². The minimum absolute atomic E-state index is 0.314. The van der Waals surface area contributed by atoms with Gasteiger partial charge in [0.25, 0.3) is 5.91 Å². The van der Waals surface area contributed by atoms with Crippen LogP contribution >= 0.6 is 23.2 Å². The van der Waals surface area contributed by atoms with Gasteiger partial charge in [0.05, 0.1) is 21.7 Å². The molecule has 0 aliphatic rings. The summed E-state index contributed by atoms with van der Waals surface area (Å²) < 4.78 is 4.96. The van der Waals surface area contributed by atoms with Crippen LogP contribution < -0.4 is 0 Å². The van der Waals surface area contributed by atoms with Crippen LogP contribution in [0, 0.1) is 11.3 Å². The Morgan fingerprint density at radius 2 is 1.85 bits per heavy atom. The van der Waals surface area contributed by atoms with E-state index in [4.69, 9.17) is 33.2 Å². The van der Waals surface area contributed by atoms with E-state index in [2.05, 4.69) is 0 Å². The van der Waals surface area contributed by atoms with Crippen LogP contribution in [0.5, 0.6) is 0 Å². The van der Waals surface area contributed by atoms with Gasteiger partial charge in [0.15, 0.2) is 6.61 Å². The molecule has 0 spiro atoms. The largest absolute Gasteiger partial charge is 0.452 e. The fourth-order valence-corrected chi connectivity index (χ4v) is 2.44. The summed E-state index contributed by atoms with van der Waals surface area (Å²) >= 11 is 11.8. The first-order chi connectivity index (χ1) is 12.9. The van der Waals surface area contributed by atoms with Gasteiger partial charge in [-0.15, -0.1) is 0 Å². The van der Waals surface area contributed by atoms with Crippen LogP contribution in [0.25, 0.3) is 6.08 Å². The molecule has 0 aliphatic heterocycles. The van der Waals surface area contributed by atoms with Gasteiger partial charge in [-0.1, -0.05) is 41.4 Å². The van der Waals surface area contributed by atoms with Gasteiger partial charge >= 0.3 is 5.97 Å². The zero-order chi connectivity index (χ0) is 19.8. The molecular formula is C20H16Cl2N2O3. The van der Waals surface area contributed by atoms with Crippen molar-refractivity contribution in [2.45, 2.75) is 6.54 Å². The first kappa shape index (κ1) is 20.5. The predicted octanol–water partition coefficient (Wildman–Crippen LogP) is 4.08. The number of hydrogen-bond acceptors (Lipinski definition) is 4. The van der Waals surface area contributed by atoms with Crippen LogP contribution in [0.2, 0.25) is 10.0 Å². The molecule has 5 nitrogen and oxygen atoms in total. The third-order valence-electron chi connectivity index (χ3n) is 3.62. The van der Waals surface area contributed by atoms with Gasteiger partial charge in [-0.05, 0) is 41.5 Å². The Labute approximate surface area is 167 Å². The maximum absolute atomic E-state index is 12.1. The second kappa shape index (κ2) is 9.77. The van der Waals surface area contributed by atoms with Crippen molar-refractivity contribution in [3.05, 3.63) is 75.3 Å². The number of nitrogens with zero attached hydrogens (tertiary/aromatic N) is 2. The Bertz CT molecular complexity index is 902. The van der Waals surface area contributed by atoms with Crippen LogP contribution in [0.4, 0.5) is 0 Å². The number of halogens is 2. The van der Waals surface area contributed by atoms with Crippen molar-refractivity contribution in [2.24, 2.45) is 0 Å². The summed E-state index contributed by atoms with van der Waals surface area (Å²) in [6.07, 6.45) is 2.78. The van der Waals surface area contributed by atoms with Crippen molar-refractivity contribution in [3.8, 4) is 6.07 Å². The molecule has 138 valence electrons. The summed E-state index contributed by atoms with van der Waals surface area (Å²) in [7, 11) is 1.60. The normalized spacial score (nSPS) is 10.4. The summed E-state index contributed by atoms with van der Waals surface area (Å²) in [5.74, 6) is -0.975. The van der Waals surface area contributed by atoms with Crippen LogP contribution in [0.15, 0.2) is 48.5 Å². The second-order valence-electron chi connectivity index (χ2n) is 5.67. The molecule has 0 unspecified atom stereocenters. The molecule has 0 radical (unpaired) electrons. The first-order valence-corrected chi connectivity index (χ1v) is 8.67. The number of benzene rings is 2. The van der Waals surface area contributed by atoms with Crippen molar-refractivity contribution in [3.63, 3.8) is 0 Å². The Morgan fingerprint density at radius 1 is 1.15 bits per heavy atom. The number of hydrogen-bond donors (Lipinski definition) is 0. The highest BCUT2D eigenvalue weighted by molar-refractivity contribution is 6.42. The molecule has 0 fully saturated rings. The van der Waals surface area contributed by atoms with Crippen LogP contribution in [-0.4, -0.2) is 30.4 Å². The molecule has 0 saturated carbocycles. The fraction of sp³-hybridized carbons (Fsp3) is 0.150. The number of esters is 1. The van der Waals surface area contributed by atoms with E-state index >= 15 is 0 Å². The van der Waals surface area contributed by atoms with Gasteiger partial charge in [-0.2, -0.15) is 5.26 Å². The number of ether oxygens (including phenoxy) is 1. The lowest BCUT2D eigenvalue weighted by Gasteiger charge is -2.17. The van der Waals surface area contributed by atoms with Crippen LogP contribution in [0.3, 0.4) is 0 Å². The smallest absolute Gasteiger partial charge is 0.331 e. The molecule has 2 aromatic rings. The predicted molar refractivity (Wildman–Crippen MR) is 104 cm³/mol. The van der Waals surface area contributed by atoms with Gasteiger partial charge in [-0.25, -0.2) is 4.79 Å². The third-order valence-corrected chi connectivity index (χ3v) is 4.36. The third kappa shape index (κ3) is 6.45. The topological polar surface area (TPSA) is 70.4 Å². The molecule has 0 aliphatic carbocycles. The number of rotatable bonds is 6. The maximum atomic E-state index is 12.1. The number of carbonyl (C=O) groups excluding carboxylic acids is 2.